The van der Waals surface area contributed by atoms with Gasteiger partial charge in [0.25, 0.3) is 0 Å². The molecule has 1 aliphatic rings. The molecule has 17 heavy (non-hydrogen) atoms. The van der Waals surface area contributed by atoms with Crippen LogP contribution in [0, 0.1) is 5.41 Å². The number of nitrogen functional groups attached to an aromatic ring is 1. The van der Waals surface area contributed by atoms with Crippen molar-refractivity contribution in [1.82, 2.24) is 4.98 Å². The number of nitrogens with zero attached hydrogens (tertiary/aromatic N) is 2. The maximum Gasteiger partial charge on any atom is 0.141 e. The monoisotopic (exact) mass is 234 g/mol. The van der Waals surface area contributed by atoms with Gasteiger partial charge in [-0.3, -0.25) is 10.4 Å². The molecule has 0 aliphatic carbocycles. The van der Waals surface area contributed by atoms with Crippen LogP contribution in [0.4, 0.5) is 5.69 Å². The number of amidine groups is 1. The zero-order chi connectivity index (χ0) is 12.5. The second-order valence-corrected chi connectivity index (χ2v) is 4.84. The van der Waals surface area contributed by atoms with Crippen LogP contribution in [0.3, 0.4) is 0 Å². The summed E-state index contributed by atoms with van der Waals surface area (Å²) in [6.07, 6.45) is 3.44. The van der Waals surface area contributed by atoms with Gasteiger partial charge in [-0.2, -0.15) is 0 Å². The minimum Gasteiger partial charge on any atom is -0.388 e. The maximum atomic E-state index is 10.1. The Morgan fingerprint density at radius 2 is 2.41 bits per heavy atom. The molecule has 1 fully saturated rings. The summed E-state index contributed by atoms with van der Waals surface area (Å²) in [5.41, 5.74) is 6.22. The van der Waals surface area contributed by atoms with Gasteiger partial charge >= 0.3 is 0 Å². The van der Waals surface area contributed by atoms with Gasteiger partial charge in [-0.05, 0) is 31.9 Å². The maximum absolute atomic E-state index is 10.1. The van der Waals surface area contributed by atoms with Crippen LogP contribution in [0.15, 0.2) is 18.3 Å². The van der Waals surface area contributed by atoms with Crippen LogP contribution in [0.25, 0.3) is 0 Å². The fraction of sp³-hybridized carbons (Fsp3) is 0.500. The van der Waals surface area contributed by atoms with E-state index in [9.17, 15) is 5.11 Å². The Hall–Kier alpha value is -1.62. The first kappa shape index (κ1) is 11.9. The standard InChI is InChI=1S/C12H18N4O/c1-12(17)4-2-6-16(8-12)9-3-5-15-10(7-9)11(13)14/h3,5,7,17H,2,4,6,8H2,1H3,(H3,13,14). The van der Waals surface area contributed by atoms with Crippen molar-refractivity contribution in [1.29, 1.82) is 5.41 Å². The molecule has 0 saturated carbocycles. The van der Waals surface area contributed by atoms with E-state index in [0.29, 0.717) is 12.2 Å². The lowest BCUT2D eigenvalue weighted by atomic mass is 9.95. The second-order valence-electron chi connectivity index (χ2n) is 4.84. The van der Waals surface area contributed by atoms with Crippen molar-refractivity contribution >= 4 is 11.5 Å². The summed E-state index contributed by atoms with van der Waals surface area (Å²) in [5.74, 6) is -0.0318. The molecule has 0 aromatic carbocycles. The summed E-state index contributed by atoms with van der Waals surface area (Å²) in [6, 6.07) is 3.68. The molecule has 0 amide bonds. The highest BCUT2D eigenvalue weighted by Crippen LogP contribution is 2.25. The van der Waals surface area contributed by atoms with Gasteiger partial charge in [0.15, 0.2) is 0 Å². The molecule has 2 rings (SSSR count). The van der Waals surface area contributed by atoms with Gasteiger partial charge in [-0.25, -0.2) is 0 Å². The lowest BCUT2D eigenvalue weighted by molar-refractivity contribution is 0.0449. The largest absolute Gasteiger partial charge is 0.388 e. The third kappa shape index (κ3) is 2.74. The molecular weight excluding hydrogens is 216 g/mol. The third-order valence-corrected chi connectivity index (χ3v) is 3.06. The van der Waals surface area contributed by atoms with Gasteiger partial charge in [0, 0.05) is 25.0 Å². The molecule has 5 heteroatoms. The number of aromatic nitrogens is 1. The molecule has 1 unspecified atom stereocenters. The Labute approximate surface area is 101 Å². The van der Waals surface area contributed by atoms with Crippen molar-refractivity contribution in [3.05, 3.63) is 24.0 Å². The van der Waals surface area contributed by atoms with Crippen molar-refractivity contribution in [2.45, 2.75) is 25.4 Å². The van der Waals surface area contributed by atoms with E-state index < -0.39 is 5.60 Å². The van der Waals surface area contributed by atoms with Crippen molar-refractivity contribution in [3.63, 3.8) is 0 Å². The number of piperidine rings is 1. The molecule has 0 spiro atoms. The Balaban J connectivity index is 2.22. The molecule has 5 nitrogen and oxygen atoms in total. The molecule has 0 bridgehead atoms. The van der Waals surface area contributed by atoms with Gasteiger partial charge < -0.3 is 15.7 Å². The van der Waals surface area contributed by atoms with Gasteiger partial charge in [0.2, 0.25) is 0 Å². The smallest absolute Gasteiger partial charge is 0.141 e. The summed E-state index contributed by atoms with van der Waals surface area (Å²) >= 11 is 0. The normalized spacial score (nSPS) is 24.7. The number of nitrogens with one attached hydrogen (secondary N) is 1. The lowest BCUT2D eigenvalue weighted by Gasteiger charge is -2.38. The van der Waals surface area contributed by atoms with Gasteiger partial charge in [0.05, 0.1) is 5.60 Å². The van der Waals surface area contributed by atoms with E-state index in [1.807, 2.05) is 13.0 Å². The molecule has 1 atom stereocenters. The van der Waals surface area contributed by atoms with E-state index in [1.54, 1.807) is 12.3 Å². The SMILES string of the molecule is CC1(O)CCCN(c2ccnc(C(=N)N)c2)C1. The Morgan fingerprint density at radius 3 is 3.06 bits per heavy atom. The van der Waals surface area contributed by atoms with Crippen molar-refractivity contribution in [2.75, 3.05) is 18.0 Å². The quantitative estimate of drug-likeness (QED) is 0.520. The van der Waals surface area contributed by atoms with E-state index in [1.165, 1.54) is 0 Å². The number of anilines is 1. The molecular formula is C12H18N4O. The molecule has 2 heterocycles. The average molecular weight is 234 g/mol. The van der Waals surface area contributed by atoms with Crippen LogP contribution >= 0.6 is 0 Å². The molecule has 1 aromatic heterocycles. The second kappa shape index (κ2) is 4.33. The number of rotatable bonds is 2. The van der Waals surface area contributed by atoms with Crippen LogP contribution < -0.4 is 10.6 Å². The van der Waals surface area contributed by atoms with Gasteiger partial charge in [0.1, 0.15) is 11.5 Å². The average Bonchev–Trinajstić information content (AvgIpc) is 2.28. The number of hydrogen-bond donors (Lipinski definition) is 3. The molecule has 1 saturated heterocycles. The fourth-order valence-electron chi connectivity index (χ4n) is 2.20. The van der Waals surface area contributed by atoms with E-state index >= 15 is 0 Å². The van der Waals surface area contributed by atoms with Crippen molar-refractivity contribution in [3.8, 4) is 0 Å². The molecule has 1 aliphatic heterocycles. The van der Waals surface area contributed by atoms with Gasteiger partial charge in [-0.15, -0.1) is 0 Å². The number of β-amino-alcohol motifs (C(OH)–C–C–N with tert-alkyl or cyclic N) is 1. The van der Waals surface area contributed by atoms with E-state index in [0.717, 1.165) is 25.1 Å². The predicted octanol–water partition coefficient (Wildman–Crippen LogP) is 0.717. The molecule has 0 radical (unpaired) electrons. The topological polar surface area (TPSA) is 86.2 Å². The predicted molar refractivity (Wildman–Crippen MR) is 67.3 cm³/mol. The van der Waals surface area contributed by atoms with Gasteiger partial charge in [-0.1, -0.05) is 0 Å². The van der Waals surface area contributed by atoms with Crippen LogP contribution in [0.2, 0.25) is 0 Å². The lowest BCUT2D eigenvalue weighted by Crippen LogP contribution is -2.46. The first-order valence-electron chi connectivity index (χ1n) is 5.76. The first-order chi connectivity index (χ1) is 7.98. The van der Waals surface area contributed by atoms with E-state index in [4.69, 9.17) is 11.1 Å². The third-order valence-electron chi connectivity index (χ3n) is 3.06. The highest BCUT2D eigenvalue weighted by atomic mass is 16.3. The van der Waals surface area contributed by atoms with E-state index in [-0.39, 0.29) is 5.84 Å². The summed E-state index contributed by atoms with van der Waals surface area (Å²) in [6.45, 7) is 3.37. The summed E-state index contributed by atoms with van der Waals surface area (Å²) in [4.78, 5) is 6.14. The number of nitrogens with two attached hydrogens (primary N) is 1. The zero-order valence-electron chi connectivity index (χ0n) is 9.98. The fourth-order valence-corrected chi connectivity index (χ4v) is 2.20. The van der Waals surface area contributed by atoms with Crippen molar-refractivity contribution in [2.24, 2.45) is 5.73 Å². The van der Waals surface area contributed by atoms with Crippen LogP contribution in [-0.4, -0.2) is 34.6 Å². The number of pyridine rings is 1. The van der Waals surface area contributed by atoms with Crippen LogP contribution in [-0.2, 0) is 0 Å². The van der Waals surface area contributed by atoms with Crippen LogP contribution in [0.5, 0.6) is 0 Å². The summed E-state index contributed by atoms with van der Waals surface area (Å²) in [5, 5.41) is 17.4. The molecule has 1 aromatic rings. The summed E-state index contributed by atoms with van der Waals surface area (Å²) in [7, 11) is 0. The summed E-state index contributed by atoms with van der Waals surface area (Å²) < 4.78 is 0. The van der Waals surface area contributed by atoms with Crippen LogP contribution in [0.1, 0.15) is 25.5 Å². The zero-order valence-corrected chi connectivity index (χ0v) is 9.98. The Bertz CT molecular complexity index is 430. The first-order valence-corrected chi connectivity index (χ1v) is 5.76. The van der Waals surface area contributed by atoms with E-state index in [2.05, 4.69) is 9.88 Å². The minimum absolute atomic E-state index is 0.0318. The molecule has 4 N–H and O–H groups in total. The molecule has 92 valence electrons. The Kier molecular flexibility index (Phi) is 3.02. The number of aliphatic hydroxyl groups is 1. The number of hydrogen-bond acceptors (Lipinski definition) is 4. The highest BCUT2D eigenvalue weighted by Gasteiger charge is 2.28. The van der Waals surface area contributed by atoms with Crippen molar-refractivity contribution < 1.29 is 5.11 Å². The Morgan fingerprint density at radius 1 is 1.65 bits per heavy atom. The highest BCUT2D eigenvalue weighted by molar-refractivity contribution is 5.93. The minimum atomic E-state index is -0.641.